The van der Waals surface area contributed by atoms with Gasteiger partial charge in [0.25, 0.3) is 0 Å². The first-order valence-corrected chi connectivity index (χ1v) is 24.1. The molecule has 1 aliphatic heterocycles. The van der Waals surface area contributed by atoms with E-state index in [1.165, 1.54) is 16.5 Å². The Bertz CT molecular complexity index is 4000. The SMILES string of the molecule is [2H]C(C)(C)c1cc(-c2cccc3c4ccccc4c4ccccc4c4cccc5c4n(c23)[CH-]N5c2[c-]c(Oc3[c-]c4c(cc3)c3ccccc3n4-c3cc(C(C)(C)C)ccn3)cnc2)cc(C(C)(C)C)c1.[Pt]. The Morgan fingerprint density at radius 2 is 1.23 bits per heavy atom. The molecule has 11 aromatic rings. The number of aromatic nitrogens is 4. The smallest absolute Gasteiger partial charge is 0.135 e. The van der Waals surface area contributed by atoms with Crippen molar-refractivity contribution in [3.8, 4) is 28.4 Å². The molecule has 5 heterocycles. The van der Waals surface area contributed by atoms with Gasteiger partial charge in [-0.25, -0.2) is 4.98 Å². The predicted molar refractivity (Wildman–Crippen MR) is 291 cm³/mol. The van der Waals surface area contributed by atoms with E-state index >= 15 is 0 Å². The monoisotopic (exact) mass is 1100 g/mol. The van der Waals surface area contributed by atoms with E-state index in [1.807, 2.05) is 32.3 Å². The standard InChI is InChI=1S/C64H54N5O.Pt/c1-40(2)41-31-42(33-44(32-41)64(6,7)8)48-22-15-23-55-51-19-11-9-17-49(51)50-18-10-12-20-52(50)56-24-16-26-58-62(56)68(61(48)55)39-67(58)45-35-47(38-65-37-45)70-46-27-28-54-53-21-13-14-25-57(53)69(59(54)36-46)60-34-43(29-30-66-60)63(3,4)5;/h9-34,37-40H,1-8H3;/q-3;/i40D;. The summed E-state index contributed by atoms with van der Waals surface area (Å²) in [6, 6.07) is 61.5. The zero-order valence-corrected chi connectivity index (χ0v) is 43.5. The number of anilines is 2. The van der Waals surface area contributed by atoms with Crippen LogP contribution in [0.15, 0.2) is 170 Å². The van der Waals surface area contributed by atoms with Crippen LogP contribution in [0.25, 0.3) is 82.1 Å². The van der Waals surface area contributed by atoms with E-state index in [4.69, 9.17) is 14.7 Å². The molecule has 0 spiro atoms. The van der Waals surface area contributed by atoms with Gasteiger partial charge in [0.1, 0.15) is 5.82 Å². The Hall–Kier alpha value is -7.40. The average Bonchev–Trinajstić information content (AvgIpc) is 3.92. The van der Waals surface area contributed by atoms with E-state index in [-0.39, 0.29) is 31.9 Å². The Morgan fingerprint density at radius 3 is 1.92 bits per heavy atom. The molecule has 0 atom stereocenters. The van der Waals surface area contributed by atoms with Crippen LogP contribution >= 0.6 is 0 Å². The van der Waals surface area contributed by atoms with Crippen LogP contribution in [-0.4, -0.2) is 19.1 Å². The maximum absolute atomic E-state index is 9.26. The third-order valence-corrected chi connectivity index (χ3v) is 14.0. The quantitative estimate of drug-likeness (QED) is 0.156. The molecule has 1 aliphatic rings. The zero-order valence-electron chi connectivity index (χ0n) is 42.2. The van der Waals surface area contributed by atoms with Crippen molar-refractivity contribution in [3.63, 3.8) is 0 Å². The molecule has 0 saturated heterocycles. The van der Waals surface area contributed by atoms with E-state index in [1.54, 1.807) is 6.20 Å². The Balaban J connectivity index is 0.00000560. The summed E-state index contributed by atoms with van der Waals surface area (Å²) in [5.74, 6) is 1.03. The van der Waals surface area contributed by atoms with Crippen LogP contribution in [0.1, 0.15) is 79.3 Å². The minimum Gasteiger partial charge on any atom is -0.508 e. The number of pyridine rings is 2. The predicted octanol–water partition coefficient (Wildman–Crippen LogP) is 17.0. The van der Waals surface area contributed by atoms with Crippen molar-refractivity contribution in [1.82, 2.24) is 19.1 Å². The molecule has 71 heavy (non-hydrogen) atoms. The van der Waals surface area contributed by atoms with E-state index in [0.29, 0.717) is 11.5 Å². The zero-order chi connectivity index (χ0) is 49.0. The van der Waals surface area contributed by atoms with E-state index in [9.17, 15) is 1.37 Å². The molecule has 0 saturated carbocycles. The topological polar surface area (TPSA) is 48.1 Å². The van der Waals surface area contributed by atoms with Crippen LogP contribution in [0.5, 0.6) is 11.5 Å². The van der Waals surface area contributed by atoms with E-state index < -0.39 is 5.89 Å². The average molecular weight is 1110 g/mol. The Morgan fingerprint density at radius 1 is 0.592 bits per heavy atom. The van der Waals surface area contributed by atoms with Crippen molar-refractivity contribution >= 4 is 76.5 Å². The number of ether oxygens (including phenoxy) is 1. The van der Waals surface area contributed by atoms with Crippen LogP contribution in [0.2, 0.25) is 0 Å². The molecule has 7 heteroatoms. The van der Waals surface area contributed by atoms with Gasteiger partial charge in [0.05, 0.1) is 0 Å². The molecule has 0 unspecified atom stereocenters. The van der Waals surface area contributed by atoms with Crippen molar-refractivity contribution in [2.75, 3.05) is 4.90 Å². The molecule has 7 aromatic carbocycles. The van der Waals surface area contributed by atoms with Gasteiger partial charge in [0, 0.05) is 51.3 Å². The summed E-state index contributed by atoms with van der Waals surface area (Å²) in [6.45, 7) is 19.5. The number of nitrogens with zero attached hydrogens (tertiary/aromatic N) is 5. The summed E-state index contributed by atoms with van der Waals surface area (Å²) in [4.78, 5) is 11.8. The third-order valence-electron chi connectivity index (χ3n) is 14.0. The third kappa shape index (κ3) is 7.90. The number of hydrogen-bond acceptors (Lipinski definition) is 4. The van der Waals surface area contributed by atoms with Crippen LogP contribution in [0, 0.1) is 18.8 Å². The summed E-state index contributed by atoms with van der Waals surface area (Å²) < 4.78 is 20.5. The summed E-state index contributed by atoms with van der Waals surface area (Å²) >= 11 is 0. The molecular formula is C64H54N5OPt-3. The molecule has 6 nitrogen and oxygen atoms in total. The van der Waals surface area contributed by atoms with Crippen LogP contribution in [0.3, 0.4) is 0 Å². The first-order chi connectivity index (χ1) is 34.1. The molecule has 0 amide bonds. The second kappa shape index (κ2) is 17.5. The van der Waals surface area contributed by atoms with Gasteiger partial charge in [-0.15, -0.1) is 23.6 Å². The molecule has 0 N–H and O–H groups in total. The molecule has 4 aromatic heterocycles. The van der Waals surface area contributed by atoms with Gasteiger partial charge < -0.3 is 23.8 Å². The van der Waals surface area contributed by atoms with Crippen molar-refractivity contribution in [3.05, 3.63) is 206 Å². The van der Waals surface area contributed by atoms with Crippen molar-refractivity contribution in [1.29, 1.82) is 0 Å². The van der Waals surface area contributed by atoms with Crippen LogP contribution < -0.4 is 9.64 Å². The molecule has 354 valence electrons. The first kappa shape index (κ1) is 44.8. The summed E-state index contributed by atoms with van der Waals surface area (Å²) in [5.41, 5.74) is 11.0. The number of para-hydroxylation sites is 3. The molecule has 0 aliphatic carbocycles. The van der Waals surface area contributed by atoms with Gasteiger partial charge >= 0.3 is 0 Å². The maximum atomic E-state index is 9.26. The van der Waals surface area contributed by atoms with Crippen LogP contribution in [0.4, 0.5) is 11.4 Å². The second-order valence-electron chi connectivity index (χ2n) is 20.8. The summed E-state index contributed by atoms with van der Waals surface area (Å²) in [5, 5.41) is 9.00. The molecule has 0 bridgehead atoms. The second-order valence-corrected chi connectivity index (χ2v) is 20.8. The first-order valence-electron chi connectivity index (χ1n) is 24.6. The Labute approximate surface area is 431 Å². The van der Waals surface area contributed by atoms with Gasteiger partial charge in [-0.05, 0) is 130 Å². The van der Waals surface area contributed by atoms with Gasteiger partial charge in [-0.1, -0.05) is 188 Å². The van der Waals surface area contributed by atoms with Crippen molar-refractivity contribution in [2.45, 2.75) is 72.1 Å². The number of fused-ring (bicyclic) bond motifs is 10. The normalized spacial score (nSPS) is 13.0. The fourth-order valence-corrected chi connectivity index (χ4v) is 10.3. The molecule has 12 rings (SSSR count). The van der Waals surface area contributed by atoms with E-state index in [0.717, 1.165) is 93.7 Å². The Kier molecular flexibility index (Phi) is 11.0. The molecule has 0 fully saturated rings. The summed E-state index contributed by atoms with van der Waals surface area (Å²) in [7, 11) is 0. The fraction of sp³-hybridized carbons (Fsp3) is 0.172. The van der Waals surface area contributed by atoms with Crippen LogP contribution in [-0.2, 0) is 31.9 Å². The fourth-order valence-electron chi connectivity index (χ4n) is 10.3. The van der Waals surface area contributed by atoms with Gasteiger partial charge in [0.15, 0.2) is 0 Å². The minimum atomic E-state index is -0.811. The molecular weight excluding hydrogens is 1050 g/mol. The number of benzene rings is 7. The summed E-state index contributed by atoms with van der Waals surface area (Å²) in [6.07, 6.45) is 5.45. The molecule has 0 radical (unpaired) electrons. The largest absolute Gasteiger partial charge is 0.508 e. The number of hydrogen-bond donors (Lipinski definition) is 0. The van der Waals surface area contributed by atoms with Crippen molar-refractivity contribution in [2.24, 2.45) is 0 Å². The number of rotatable bonds is 6. The van der Waals surface area contributed by atoms with E-state index in [2.05, 4.69) is 220 Å². The van der Waals surface area contributed by atoms with Crippen molar-refractivity contribution < 1.29 is 27.2 Å². The van der Waals surface area contributed by atoms with Gasteiger partial charge in [-0.3, -0.25) is 0 Å². The van der Waals surface area contributed by atoms with Gasteiger partial charge in [-0.2, -0.15) is 6.07 Å². The van der Waals surface area contributed by atoms with Gasteiger partial charge in [0.2, 0.25) is 0 Å². The maximum Gasteiger partial charge on any atom is 0.135 e. The minimum absolute atomic E-state index is 0.